The molecule has 2 rings (SSSR count). The van der Waals surface area contributed by atoms with Gasteiger partial charge in [-0.3, -0.25) is 0 Å². The van der Waals surface area contributed by atoms with Crippen molar-refractivity contribution < 1.29 is 17.5 Å². The van der Waals surface area contributed by atoms with Crippen molar-refractivity contribution in [3.63, 3.8) is 0 Å². The van der Waals surface area contributed by atoms with Crippen LogP contribution in [0.25, 0.3) is 0 Å². The van der Waals surface area contributed by atoms with Gasteiger partial charge in [-0.2, -0.15) is 0 Å². The lowest BCUT2D eigenvalue weighted by molar-refractivity contribution is 0.290. The van der Waals surface area contributed by atoms with Crippen molar-refractivity contribution >= 4 is 42.9 Å². The normalized spacial score (nSPS) is 11.4. The summed E-state index contributed by atoms with van der Waals surface area (Å²) in [7, 11) is 1.15. The topological polar surface area (TPSA) is 43.4 Å². The fourth-order valence-corrected chi connectivity index (χ4v) is 2.77. The van der Waals surface area contributed by atoms with E-state index in [9.17, 15) is 12.8 Å². The predicted molar refractivity (Wildman–Crippen MR) is 80.2 cm³/mol. The Hall–Kier alpha value is -1.01. The molecule has 0 aromatic heterocycles. The molecule has 0 spiro atoms. The summed E-state index contributed by atoms with van der Waals surface area (Å²) in [4.78, 5) is -0.335. The van der Waals surface area contributed by atoms with Crippen LogP contribution in [-0.4, -0.2) is 8.42 Å². The summed E-state index contributed by atoms with van der Waals surface area (Å²) in [6.07, 6.45) is 0. The van der Waals surface area contributed by atoms with Gasteiger partial charge in [-0.15, -0.1) is 0 Å². The summed E-state index contributed by atoms with van der Waals surface area (Å²) in [5.74, 6) is -0.938. The van der Waals surface area contributed by atoms with Crippen LogP contribution in [0.15, 0.2) is 41.3 Å². The molecule has 0 unspecified atom stereocenters. The lowest BCUT2D eigenvalue weighted by Crippen LogP contribution is -1.99. The average molecular weight is 370 g/mol. The van der Waals surface area contributed by atoms with E-state index in [1.165, 1.54) is 6.07 Å². The number of ether oxygens (including phenoxy) is 1. The van der Waals surface area contributed by atoms with Gasteiger partial charge < -0.3 is 4.74 Å². The van der Waals surface area contributed by atoms with E-state index in [4.69, 9.17) is 38.6 Å². The second-order valence-electron chi connectivity index (χ2n) is 4.05. The Morgan fingerprint density at radius 1 is 1.10 bits per heavy atom. The maximum absolute atomic E-state index is 13.7. The molecule has 0 aliphatic heterocycles. The maximum Gasteiger partial charge on any atom is 0.261 e. The number of rotatable bonds is 4. The molecule has 0 amide bonds. The molecule has 2 aromatic rings. The second-order valence-corrected chi connectivity index (χ2v) is 7.46. The molecule has 2 aromatic carbocycles. The molecule has 0 radical (unpaired) electrons. The quantitative estimate of drug-likeness (QED) is 0.737. The minimum Gasteiger partial charge on any atom is -0.486 e. The summed E-state index contributed by atoms with van der Waals surface area (Å²) in [5.41, 5.74) is 0.620. The fourth-order valence-electron chi connectivity index (χ4n) is 1.54. The van der Waals surface area contributed by atoms with Gasteiger partial charge in [0.1, 0.15) is 6.61 Å². The molecule has 0 aliphatic carbocycles. The molecule has 8 heteroatoms. The zero-order chi connectivity index (χ0) is 15.6. The summed E-state index contributed by atoms with van der Waals surface area (Å²) < 4.78 is 41.2. The Morgan fingerprint density at radius 2 is 1.81 bits per heavy atom. The highest BCUT2D eigenvalue weighted by atomic mass is 35.7. The van der Waals surface area contributed by atoms with Crippen LogP contribution in [0.2, 0.25) is 10.0 Å². The lowest BCUT2D eigenvalue weighted by atomic mass is 10.2. The van der Waals surface area contributed by atoms with Crippen molar-refractivity contribution in [1.82, 2.24) is 0 Å². The van der Waals surface area contributed by atoms with Crippen LogP contribution >= 0.6 is 33.9 Å². The summed E-state index contributed by atoms with van der Waals surface area (Å²) >= 11 is 11.7. The van der Waals surface area contributed by atoms with Gasteiger partial charge in [0.15, 0.2) is 11.6 Å². The molecule has 0 saturated heterocycles. The van der Waals surface area contributed by atoms with Gasteiger partial charge in [-0.05, 0) is 30.3 Å². The first kappa shape index (κ1) is 16.4. The first-order valence-corrected chi connectivity index (χ1v) is 8.65. The largest absolute Gasteiger partial charge is 0.486 e. The molecule has 0 heterocycles. The third-order valence-corrected chi connectivity index (χ3v) is 4.52. The average Bonchev–Trinajstić information content (AvgIpc) is 2.38. The summed E-state index contributed by atoms with van der Waals surface area (Å²) in [5, 5.41) is 0.870. The zero-order valence-corrected chi connectivity index (χ0v) is 13.4. The molecule has 0 N–H and O–H groups in total. The van der Waals surface area contributed by atoms with Gasteiger partial charge in [0, 0.05) is 26.3 Å². The van der Waals surface area contributed by atoms with Crippen LogP contribution in [-0.2, 0) is 15.7 Å². The minimum absolute atomic E-state index is 0.0138. The van der Waals surface area contributed by atoms with Crippen LogP contribution in [0, 0.1) is 5.82 Å². The molecule has 3 nitrogen and oxygen atoms in total. The number of hydrogen-bond donors (Lipinski definition) is 0. The van der Waals surface area contributed by atoms with Crippen LogP contribution in [0.5, 0.6) is 5.75 Å². The lowest BCUT2D eigenvalue weighted by Gasteiger charge is -2.09. The number of halogens is 4. The molecule has 0 aliphatic rings. The zero-order valence-electron chi connectivity index (χ0n) is 10.3. The van der Waals surface area contributed by atoms with Gasteiger partial charge in [0.05, 0.1) is 4.90 Å². The van der Waals surface area contributed by atoms with E-state index < -0.39 is 14.9 Å². The molecule has 0 atom stereocenters. The first-order valence-electron chi connectivity index (χ1n) is 5.58. The summed E-state index contributed by atoms with van der Waals surface area (Å²) in [6.45, 7) is 0.0138. The van der Waals surface area contributed by atoms with Crippen LogP contribution in [0.3, 0.4) is 0 Å². The standard InChI is InChI=1S/C13H8Cl3FO3S/c14-9-2-1-8(11(15)5-9)7-20-13-4-3-10(6-12(13)17)21(16,18)19/h1-6H,7H2. The predicted octanol–water partition coefficient (Wildman–Crippen LogP) is 4.64. The molecule has 0 fully saturated rings. The highest BCUT2D eigenvalue weighted by molar-refractivity contribution is 8.13. The van der Waals surface area contributed by atoms with Gasteiger partial charge in [0.2, 0.25) is 0 Å². The second kappa shape index (κ2) is 6.40. The van der Waals surface area contributed by atoms with E-state index in [1.54, 1.807) is 18.2 Å². The smallest absolute Gasteiger partial charge is 0.261 e. The van der Waals surface area contributed by atoms with Crippen LogP contribution in [0.4, 0.5) is 4.39 Å². The first-order chi connectivity index (χ1) is 9.77. The molecule has 21 heavy (non-hydrogen) atoms. The number of benzene rings is 2. The minimum atomic E-state index is -3.98. The van der Waals surface area contributed by atoms with Gasteiger partial charge in [-0.1, -0.05) is 29.3 Å². The highest BCUT2D eigenvalue weighted by Crippen LogP contribution is 2.26. The SMILES string of the molecule is O=S(=O)(Cl)c1ccc(OCc2ccc(Cl)cc2Cl)c(F)c1. The molecular weight excluding hydrogens is 362 g/mol. The Morgan fingerprint density at radius 3 is 2.38 bits per heavy atom. The van der Waals surface area contributed by atoms with Crippen molar-refractivity contribution in [3.8, 4) is 5.75 Å². The van der Waals surface area contributed by atoms with E-state index >= 15 is 0 Å². The van der Waals surface area contributed by atoms with E-state index in [1.807, 2.05) is 0 Å². The van der Waals surface area contributed by atoms with E-state index in [0.29, 0.717) is 15.6 Å². The third-order valence-electron chi connectivity index (χ3n) is 2.58. The van der Waals surface area contributed by atoms with Crippen LogP contribution in [0.1, 0.15) is 5.56 Å². The van der Waals surface area contributed by atoms with Crippen molar-refractivity contribution in [2.24, 2.45) is 0 Å². The monoisotopic (exact) mass is 368 g/mol. The van der Waals surface area contributed by atoms with Crippen LogP contribution < -0.4 is 4.74 Å². The van der Waals surface area contributed by atoms with E-state index in [2.05, 4.69) is 0 Å². The van der Waals surface area contributed by atoms with Gasteiger partial charge >= 0.3 is 0 Å². The van der Waals surface area contributed by atoms with Gasteiger partial charge in [-0.25, -0.2) is 12.8 Å². The molecule has 0 bridgehead atoms. The van der Waals surface area contributed by atoms with Crippen molar-refractivity contribution in [1.29, 1.82) is 0 Å². The Labute approximate surface area is 135 Å². The van der Waals surface area contributed by atoms with Gasteiger partial charge in [0.25, 0.3) is 9.05 Å². The Bertz CT molecular complexity index is 778. The van der Waals surface area contributed by atoms with E-state index in [0.717, 1.165) is 12.1 Å². The number of hydrogen-bond acceptors (Lipinski definition) is 3. The van der Waals surface area contributed by atoms with Crippen molar-refractivity contribution in [3.05, 3.63) is 57.8 Å². The Balaban J connectivity index is 2.17. The molecular formula is C13H8Cl3FO3S. The highest BCUT2D eigenvalue weighted by Gasteiger charge is 2.14. The van der Waals surface area contributed by atoms with Crippen molar-refractivity contribution in [2.45, 2.75) is 11.5 Å². The third kappa shape index (κ3) is 4.23. The Kier molecular flexibility index (Phi) is 4.99. The summed E-state index contributed by atoms with van der Waals surface area (Å²) in [6, 6.07) is 7.97. The molecule has 0 saturated carbocycles. The maximum atomic E-state index is 13.7. The van der Waals surface area contributed by atoms with Crippen molar-refractivity contribution in [2.75, 3.05) is 0 Å². The van der Waals surface area contributed by atoms with E-state index in [-0.39, 0.29) is 17.3 Å². The fraction of sp³-hybridized carbons (Fsp3) is 0.0769. The molecule has 112 valence electrons.